The smallest absolute Gasteiger partial charge is 0.191 e. The molecule has 3 rings (SSSR count). The molecular weight excluding hydrogens is 382 g/mol. The van der Waals surface area contributed by atoms with Crippen molar-refractivity contribution in [1.82, 2.24) is 20.5 Å². The Bertz CT molecular complexity index is 800. The Morgan fingerprint density at radius 1 is 1.31 bits per heavy atom. The van der Waals surface area contributed by atoms with Gasteiger partial charge in [-0.1, -0.05) is 24.3 Å². The van der Waals surface area contributed by atoms with E-state index in [1.807, 2.05) is 0 Å². The van der Waals surface area contributed by atoms with Gasteiger partial charge in [-0.3, -0.25) is 4.90 Å². The van der Waals surface area contributed by atoms with Crippen LogP contribution in [0.5, 0.6) is 0 Å². The number of rotatable bonds is 7. The number of benzene rings is 1. The maximum atomic E-state index is 5.64. The number of hydrogen-bond donors (Lipinski definition) is 2. The minimum Gasteiger partial charge on any atom is -0.376 e. The minimum atomic E-state index is 0.315. The fraction of sp³-hybridized carbons (Fsp3) is 0.545. The maximum absolute atomic E-state index is 5.64. The normalized spacial score (nSPS) is 18.1. The minimum absolute atomic E-state index is 0.315. The standard InChI is InChI=1S/C22H33N5OS/c1-5-23-22(25-13-21-26-17(3)18(4)29-21)24-12-19-7-6-8-20(11-19)15-27-9-10-28-16(2)14-27/h6-8,11,16H,5,9-10,12-15H2,1-4H3,(H2,23,24,25). The molecule has 0 radical (unpaired) electrons. The third-order valence-electron chi connectivity index (χ3n) is 4.97. The van der Waals surface area contributed by atoms with Crippen molar-refractivity contribution in [2.45, 2.75) is 53.4 Å². The third-order valence-corrected chi connectivity index (χ3v) is 6.04. The molecule has 1 saturated heterocycles. The number of aromatic nitrogens is 1. The molecule has 1 aromatic carbocycles. The van der Waals surface area contributed by atoms with Crippen LogP contribution >= 0.6 is 11.3 Å². The number of morpholine rings is 1. The van der Waals surface area contributed by atoms with Crippen LogP contribution in [0, 0.1) is 13.8 Å². The molecule has 1 aliphatic rings. The first-order valence-electron chi connectivity index (χ1n) is 10.4. The Morgan fingerprint density at radius 2 is 2.14 bits per heavy atom. The first-order chi connectivity index (χ1) is 14.0. The highest BCUT2D eigenvalue weighted by molar-refractivity contribution is 7.11. The molecule has 1 aromatic heterocycles. The number of guanidine groups is 1. The lowest BCUT2D eigenvalue weighted by molar-refractivity contribution is -0.0212. The summed E-state index contributed by atoms with van der Waals surface area (Å²) in [7, 11) is 0. The Labute approximate surface area is 178 Å². The summed E-state index contributed by atoms with van der Waals surface area (Å²) >= 11 is 1.74. The molecule has 0 bridgehead atoms. The predicted molar refractivity (Wildman–Crippen MR) is 120 cm³/mol. The summed E-state index contributed by atoms with van der Waals surface area (Å²) in [5.74, 6) is 0.824. The van der Waals surface area contributed by atoms with E-state index in [0.717, 1.165) is 49.4 Å². The highest BCUT2D eigenvalue weighted by Gasteiger charge is 2.16. The summed E-state index contributed by atoms with van der Waals surface area (Å²) < 4.78 is 5.64. The number of thiazole rings is 1. The van der Waals surface area contributed by atoms with E-state index in [-0.39, 0.29) is 0 Å². The van der Waals surface area contributed by atoms with Gasteiger partial charge in [-0.05, 0) is 38.8 Å². The number of hydrogen-bond acceptors (Lipinski definition) is 5. The second kappa shape index (κ2) is 10.7. The van der Waals surface area contributed by atoms with Gasteiger partial charge in [0.1, 0.15) is 5.01 Å². The molecule has 158 valence electrons. The monoisotopic (exact) mass is 415 g/mol. The second-order valence-corrected chi connectivity index (χ2v) is 8.82. The van der Waals surface area contributed by atoms with Crippen molar-refractivity contribution in [2.24, 2.45) is 4.99 Å². The van der Waals surface area contributed by atoms with Gasteiger partial charge in [0.2, 0.25) is 0 Å². The first kappa shape index (κ1) is 21.7. The summed E-state index contributed by atoms with van der Waals surface area (Å²) in [6.45, 7) is 14.3. The number of nitrogens with zero attached hydrogens (tertiary/aromatic N) is 3. The Hall–Kier alpha value is -1.96. The lowest BCUT2D eigenvalue weighted by Crippen LogP contribution is -2.40. The average Bonchev–Trinajstić information content (AvgIpc) is 3.02. The van der Waals surface area contributed by atoms with Crippen LogP contribution in [0.25, 0.3) is 0 Å². The third kappa shape index (κ3) is 6.80. The molecular formula is C22H33N5OS. The molecule has 1 atom stereocenters. The molecule has 1 aliphatic heterocycles. The van der Waals surface area contributed by atoms with Crippen molar-refractivity contribution in [3.8, 4) is 0 Å². The van der Waals surface area contributed by atoms with E-state index in [4.69, 9.17) is 9.73 Å². The van der Waals surface area contributed by atoms with Crippen LogP contribution in [0.1, 0.15) is 40.6 Å². The molecule has 2 N–H and O–H groups in total. The van der Waals surface area contributed by atoms with Gasteiger partial charge >= 0.3 is 0 Å². The van der Waals surface area contributed by atoms with Crippen molar-refractivity contribution in [3.63, 3.8) is 0 Å². The van der Waals surface area contributed by atoms with Crippen molar-refractivity contribution in [2.75, 3.05) is 26.2 Å². The topological polar surface area (TPSA) is 61.8 Å². The van der Waals surface area contributed by atoms with Gasteiger partial charge in [-0.25, -0.2) is 9.98 Å². The summed E-state index contributed by atoms with van der Waals surface area (Å²) in [6.07, 6.45) is 0.315. The second-order valence-electron chi connectivity index (χ2n) is 7.53. The van der Waals surface area contributed by atoms with Crippen LogP contribution in [0.15, 0.2) is 29.3 Å². The fourth-order valence-corrected chi connectivity index (χ4v) is 4.28. The van der Waals surface area contributed by atoms with Gasteiger partial charge in [0, 0.05) is 31.1 Å². The van der Waals surface area contributed by atoms with Crippen LogP contribution in [-0.4, -0.2) is 48.2 Å². The van der Waals surface area contributed by atoms with E-state index >= 15 is 0 Å². The van der Waals surface area contributed by atoms with Gasteiger partial charge in [0.05, 0.1) is 31.5 Å². The number of nitrogens with one attached hydrogen (secondary N) is 2. The Morgan fingerprint density at radius 3 is 2.86 bits per heavy atom. The summed E-state index contributed by atoms with van der Waals surface area (Å²) in [5, 5.41) is 7.81. The zero-order valence-corrected chi connectivity index (χ0v) is 18.8. The quantitative estimate of drug-likeness (QED) is 0.537. The number of aliphatic imine (C=N–C) groups is 1. The fourth-order valence-electron chi connectivity index (χ4n) is 3.40. The van der Waals surface area contributed by atoms with Gasteiger partial charge in [-0.2, -0.15) is 0 Å². The van der Waals surface area contributed by atoms with Crippen molar-refractivity contribution in [3.05, 3.63) is 51.0 Å². The first-order valence-corrected chi connectivity index (χ1v) is 11.2. The SMILES string of the molecule is CCNC(=NCc1cccc(CN2CCOC(C)C2)c1)NCc1nc(C)c(C)s1. The molecule has 0 aliphatic carbocycles. The summed E-state index contributed by atoms with van der Waals surface area (Å²) in [5.41, 5.74) is 3.67. The summed E-state index contributed by atoms with van der Waals surface area (Å²) in [6, 6.07) is 8.74. The number of ether oxygens (including phenoxy) is 1. The van der Waals surface area contributed by atoms with Crippen molar-refractivity contribution in [1.29, 1.82) is 0 Å². The van der Waals surface area contributed by atoms with Crippen LogP contribution in [0.2, 0.25) is 0 Å². The average molecular weight is 416 g/mol. The highest BCUT2D eigenvalue weighted by atomic mass is 32.1. The van der Waals surface area contributed by atoms with Crippen LogP contribution in [0.4, 0.5) is 0 Å². The molecule has 1 unspecified atom stereocenters. The van der Waals surface area contributed by atoms with E-state index < -0.39 is 0 Å². The van der Waals surface area contributed by atoms with Gasteiger partial charge in [0.25, 0.3) is 0 Å². The summed E-state index contributed by atoms with van der Waals surface area (Å²) in [4.78, 5) is 13.1. The molecule has 2 heterocycles. The van der Waals surface area contributed by atoms with Crippen LogP contribution in [0.3, 0.4) is 0 Å². The molecule has 0 saturated carbocycles. The van der Waals surface area contributed by atoms with E-state index in [0.29, 0.717) is 19.2 Å². The van der Waals surface area contributed by atoms with Crippen LogP contribution < -0.4 is 10.6 Å². The van der Waals surface area contributed by atoms with Crippen molar-refractivity contribution < 1.29 is 4.74 Å². The highest BCUT2D eigenvalue weighted by Crippen LogP contribution is 2.16. The van der Waals surface area contributed by atoms with Crippen LogP contribution in [-0.2, 0) is 24.4 Å². The van der Waals surface area contributed by atoms with E-state index in [9.17, 15) is 0 Å². The van der Waals surface area contributed by atoms with E-state index in [1.54, 1.807) is 11.3 Å². The zero-order valence-electron chi connectivity index (χ0n) is 18.0. The lowest BCUT2D eigenvalue weighted by Gasteiger charge is -2.31. The predicted octanol–water partition coefficient (Wildman–Crippen LogP) is 3.24. The zero-order chi connectivity index (χ0) is 20.6. The lowest BCUT2D eigenvalue weighted by atomic mass is 10.1. The molecule has 0 spiro atoms. The van der Waals surface area contributed by atoms with Gasteiger partial charge < -0.3 is 15.4 Å². The van der Waals surface area contributed by atoms with Crippen molar-refractivity contribution >= 4 is 17.3 Å². The molecule has 2 aromatic rings. The largest absolute Gasteiger partial charge is 0.376 e. The number of aryl methyl sites for hydroxylation is 2. The Balaban J connectivity index is 1.58. The van der Waals surface area contributed by atoms with E-state index in [1.165, 1.54) is 16.0 Å². The Kier molecular flexibility index (Phi) is 8.03. The van der Waals surface area contributed by atoms with Gasteiger partial charge in [0.15, 0.2) is 5.96 Å². The van der Waals surface area contributed by atoms with Gasteiger partial charge in [-0.15, -0.1) is 11.3 Å². The molecule has 29 heavy (non-hydrogen) atoms. The molecule has 7 heteroatoms. The molecule has 6 nitrogen and oxygen atoms in total. The molecule has 1 fully saturated rings. The molecule has 0 amide bonds. The van der Waals surface area contributed by atoms with E-state index in [2.05, 4.69) is 72.5 Å². The maximum Gasteiger partial charge on any atom is 0.191 e.